The van der Waals surface area contributed by atoms with E-state index in [1.54, 1.807) is 0 Å². The molecular formula is C19H25NO2. The Hall–Kier alpha value is -1.84. The molecule has 0 spiro atoms. The summed E-state index contributed by atoms with van der Waals surface area (Å²) in [6.45, 7) is 6.46. The molecule has 2 aromatic carbocycles. The Labute approximate surface area is 133 Å². The van der Waals surface area contributed by atoms with Crippen LogP contribution in [0.1, 0.15) is 25.0 Å². The predicted molar refractivity (Wildman–Crippen MR) is 90.2 cm³/mol. The van der Waals surface area contributed by atoms with E-state index in [4.69, 9.17) is 9.84 Å². The lowest BCUT2D eigenvalue weighted by molar-refractivity contribution is 0.200. The van der Waals surface area contributed by atoms with Crippen LogP contribution >= 0.6 is 0 Å². The van der Waals surface area contributed by atoms with E-state index in [1.165, 1.54) is 5.56 Å². The van der Waals surface area contributed by atoms with Gasteiger partial charge in [-0.05, 0) is 11.6 Å². The van der Waals surface area contributed by atoms with Gasteiger partial charge in [0.15, 0.2) is 0 Å². The summed E-state index contributed by atoms with van der Waals surface area (Å²) in [5.74, 6) is 0.835. The van der Waals surface area contributed by atoms with E-state index in [0.717, 1.165) is 24.4 Å². The Kier molecular flexibility index (Phi) is 5.99. The average Bonchev–Trinajstić information content (AvgIpc) is 2.54. The van der Waals surface area contributed by atoms with Crippen LogP contribution in [-0.2, 0) is 12.0 Å². The first-order chi connectivity index (χ1) is 10.6. The predicted octanol–water partition coefficient (Wildman–Crippen LogP) is 3.13. The highest BCUT2D eigenvalue weighted by molar-refractivity contribution is 5.33. The van der Waals surface area contributed by atoms with Crippen LogP contribution in [0.4, 0.5) is 0 Å². The lowest BCUT2D eigenvalue weighted by Gasteiger charge is -2.26. The first-order valence-corrected chi connectivity index (χ1v) is 7.71. The fourth-order valence-electron chi connectivity index (χ4n) is 2.45. The third-order valence-electron chi connectivity index (χ3n) is 3.76. The second-order valence-electron chi connectivity index (χ2n) is 6.03. The number of aliphatic hydroxyl groups is 1. The first-order valence-electron chi connectivity index (χ1n) is 7.71. The Morgan fingerprint density at radius 3 is 2.41 bits per heavy atom. The molecule has 0 fully saturated rings. The van der Waals surface area contributed by atoms with Crippen LogP contribution < -0.4 is 10.1 Å². The highest BCUT2D eigenvalue weighted by Gasteiger charge is 2.19. The van der Waals surface area contributed by atoms with E-state index in [1.807, 2.05) is 24.3 Å². The Balaban J connectivity index is 1.93. The molecule has 0 aromatic heterocycles. The number of aliphatic hydroxyl groups excluding tert-OH is 1. The van der Waals surface area contributed by atoms with Crippen LogP contribution in [-0.4, -0.2) is 24.9 Å². The van der Waals surface area contributed by atoms with Crippen LogP contribution in [0.2, 0.25) is 0 Å². The number of rotatable bonds is 8. The minimum absolute atomic E-state index is 0.0306. The molecule has 0 radical (unpaired) electrons. The van der Waals surface area contributed by atoms with E-state index >= 15 is 0 Å². The van der Waals surface area contributed by atoms with Gasteiger partial charge in [0.1, 0.15) is 12.4 Å². The minimum Gasteiger partial charge on any atom is -0.491 e. The summed E-state index contributed by atoms with van der Waals surface area (Å²) in [4.78, 5) is 0. The summed E-state index contributed by atoms with van der Waals surface area (Å²) in [5.41, 5.74) is 2.51. The van der Waals surface area contributed by atoms with Crippen molar-refractivity contribution in [2.45, 2.75) is 25.8 Å². The van der Waals surface area contributed by atoms with Crippen molar-refractivity contribution < 1.29 is 9.84 Å². The van der Waals surface area contributed by atoms with E-state index < -0.39 is 0 Å². The molecule has 0 saturated heterocycles. The lowest BCUT2D eigenvalue weighted by atomic mass is 9.84. The molecule has 22 heavy (non-hydrogen) atoms. The van der Waals surface area contributed by atoms with Gasteiger partial charge < -0.3 is 15.2 Å². The van der Waals surface area contributed by atoms with Gasteiger partial charge in [0.25, 0.3) is 0 Å². The van der Waals surface area contributed by atoms with Gasteiger partial charge in [-0.3, -0.25) is 0 Å². The van der Waals surface area contributed by atoms with Gasteiger partial charge in [-0.15, -0.1) is 0 Å². The summed E-state index contributed by atoms with van der Waals surface area (Å²) < 4.78 is 5.56. The smallest absolute Gasteiger partial charge is 0.123 e. The summed E-state index contributed by atoms with van der Waals surface area (Å²) in [6.07, 6.45) is 0. The maximum atomic E-state index is 8.89. The summed E-state index contributed by atoms with van der Waals surface area (Å²) >= 11 is 0. The first kappa shape index (κ1) is 16.5. The molecule has 2 rings (SSSR count). The molecule has 0 bridgehead atoms. The van der Waals surface area contributed by atoms with Crippen molar-refractivity contribution in [1.29, 1.82) is 0 Å². The molecule has 0 aliphatic carbocycles. The largest absolute Gasteiger partial charge is 0.491 e. The van der Waals surface area contributed by atoms with Crippen molar-refractivity contribution in [3.8, 4) is 5.75 Å². The van der Waals surface area contributed by atoms with Gasteiger partial charge in [0.2, 0.25) is 0 Å². The normalized spacial score (nSPS) is 11.4. The van der Waals surface area contributed by atoms with Crippen LogP contribution in [0.25, 0.3) is 0 Å². The quantitative estimate of drug-likeness (QED) is 0.787. The highest BCUT2D eigenvalue weighted by Crippen LogP contribution is 2.23. The van der Waals surface area contributed by atoms with Crippen molar-refractivity contribution in [1.82, 2.24) is 5.32 Å². The van der Waals surface area contributed by atoms with Crippen molar-refractivity contribution in [2.24, 2.45) is 0 Å². The molecule has 3 nitrogen and oxygen atoms in total. The molecule has 0 atom stereocenters. The van der Waals surface area contributed by atoms with Crippen LogP contribution in [0.5, 0.6) is 5.75 Å². The van der Waals surface area contributed by atoms with E-state index in [2.05, 4.69) is 49.5 Å². The molecule has 2 aromatic rings. The third kappa shape index (κ3) is 4.58. The van der Waals surface area contributed by atoms with E-state index in [-0.39, 0.29) is 12.0 Å². The summed E-state index contributed by atoms with van der Waals surface area (Å²) in [5, 5.41) is 12.4. The number of hydrogen-bond acceptors (Lipinski definition) is 3. The monoisotopic (exact) mass is 299 g/mol. The maximum absolute atomic E-state index is 8.89. The Morgan fingerprint density at radius 1 is 1.00 bits per heavy atom. The van der Waals surface area contributed by atoms with Gasteiger partial charge >= 0.3 is 0 Å². The zero-order chi connectivity index (χ0) is 15.8. The van der Waals surface area contributed by atoms with Crippen LogP contribution in [0.3, 0.4) is 0 Å². The molecule has 0 heterocycles. The third-order valence-corrected chi connectivity index (χ3v) is 3.76. The van der Waals surface area contributed by atoms with Gasteiger partial charge in [-0.2, -0.15) is 0 Å². The summed E-state index contributed by atoms with van der Waals surface area (Å²) in [6, 6.07) is 18.5. The van der Waals surface area contributed by atoms with Crippen molar-refractivity contribution in [3.05, 3.63) is 65.7 Å². The Morgan fingerprint density at radius 2 is 1.68 bits per heavy atom. The molecule has 2 N–H and O–H groups in total. The second-order valence-corrected chi connectivity index (χ2v) is 6.03. The van der Waals surface area contributed by atoms with Gasteiger partial charge in [0, 0.05) is 24.1 Å². The molecule has 0 amide bonds. The fraction of sp³-hybridized carbons (Fsp3) is 0.368. The number of nitrogens with one attached hydrogen (secondary N) is 1. The molecule has 0 aliphatic heterocycles. The lowest BCUT2D eigenvalue weighted by Crippen LogP contribution is -2.32. The van der Waals surface area contributed by atoms with Crippen molar-refractivity contribution in [3.63, 3.8) is 0 Å². The number of benzene rings is 2. The fourth-order valence-corrected chi connectivity index (χ4v) is 2.45. The number of para-hydroxylation sites is 1. The van der Waals surface area contributed by atoms with Crippen molar-refractivity contribution >= 4 is 0 Å². The average molecular weight is 299 g/mol. The molecule has 118 valence electrons. The zero-order valence-electron chi connectivity index (χ0n) is 13.4. The minimum atomic E-state index is 0.0306. The second kappa shape index (κ2) is 7.97. The molecule has 0 saturated carbocycles. The zero-order valence-corrected chi connectivity index (χ0v) is 13.4. The highest BCUT2D eigenvalue weighted by atomic mass is 16.5. The molecule has 0 aliphatic rings. The number of hydrogen-bond donors (Lipinski definition) is 2. The molecular weight excluding hydrogens is 274 g/mol. The summed E-state index contributed by atoms with van der Waals surface area (Å²) in [7, 11) is 0. The van der Waals surface area contributed by atoms with Crippen LogP contribution in [0, 0.1) is 0 Å². The van der Waals surface area contributed by atoms with Gasteiger partial charge in [-0.25, -0.2) is 0 Å². The van der Waals surface area contributed by atoms with Crippen LogP contribution in [0.15, 0.2) is 54.6 Å². The van der Waals surface area contributed by atoms with Gasteiger partial charge in [-0.1, -0.05) is 62.4 Å². The Bertz CT molecular complexity index is 567. The SMILES string of the molecule is CC(C)(CNCc1ccccc1OCCO)c1ccccc1. The van der Waals surface area contributed by atoms with E-state index in [0.29, 0.717) is 6.61 Å². The van der Waals surface area contributed by atoms with E-state index in [9.17, 15) is 0 Å². The van der Waals surface area contributed by atoms with Gasteiger partial charge in [0.05, 0.1) is 6.61 Å². The maximum Gasteiger partial charge on any atom is 0.123 e. The molecule has 3 heteroatoms. The number of ether oxygens (including phenoxy) is 1. The topological polar surface area (TPSA) is 41.5 Å². The standard InChI is InChI=1S/C19H25NO2/c1-19(2,17-9-4-3-5-10-17)15-20-14-16-8-6-7-11-18(16)22-13-12-21/h3-11,20-21H,12-15H2,1-2H3. The molecule has 0 unspecified atom stereocenters. The van der Waals surface area contributed by atoms with Crippen molar-refractivity contribution in [2.75, 3.05) is 19.8 Å².